The summed E-state index contributed by atoms with van der Waals surface area (Å²) in [5.74, 6) is 1.41. The lowest BCUT2D eigenvalue weighted by molar-refractivity contribution is -0.143. The van der Waals surface area contributed by atoms with Crippen LogP contribution in [0.2, 0.25) is 0 Å². The van der Waals surface area contributed by atoms with Crippen molar-refractivity contribution in [2.75, 3.05) is 13.2 Å². The fourth-order valence-electron chi connectivity index (χ4n) is 4.08. The van der Waals surface area contributed by atoms with Crippen LogP contribution in [-0.4, -0.2) is 36.4 Å². The van der Waals surface area contributed by atoms with E-state index in [1.165, 1.54) is 18.4 Å². The monoisotopic (exact) mass is 410 g/mol. The lowest BCUT2D eigenvalue weighted by Crippen LogP contribution is -2.38. The summed E-state index contributed by atoms with van der Waals surface area (Å²) in [6.07, 6.45) is 7.08. The lowest BCUT2D eigenvalue weighted by atomic mass is 10.0. The number of rotatable bonds is 8. The number of aromatic nitrogens is 1. The molecule has 160 valence electrons. The number of hydrogen-bond acceptors (Lipinski definition) is 6. The minimum absolute atomic E-state index is 0.0842. The Labute approximate surface area is 177 Å². The highest BCUT2D eigenvalue weighted by atomic mass is 16.5. The van der Waals surface area contributed by atoms with Crippen LogP contribution in [0.3, 0.4) is 0 Å². The molecule has 4 rings (SSSR count). The van der Waals surface area contributed by atoms with E-state index in [2.05, 4.69) is 11.4 Å². The second-order valence-corrected chi connectivity index (χ2v) is 7.86. The minimum atomic E-state index is -0.183. The van der Waals surface area contributed by atoms with Crippen molar-refractivity contribution in [1.82, 2.24) is 10.3 Å². The molecule has 6 heteroatoms. The molecule has 1 unspecified atom stereocenters. The summed E-state index contributed by atoms with van der Waals surface area (Å²) in [6.45, 7) is 2.78. The fraction of sp³-hybridized carbons (Fsp3) is 0.500. The molecule has 30 heavy (non-hydrogen) atoms. The van der Waals surface area contributed by atoms with Crippen LogP contribution in [0.1, 0.15) is 51.0 Å². The van der Waals surface area contributed by atoms with Gasteiger partial charge in [-0.3, -0.25) is 10.1 Å². The number of ether oxygens (including phenoxy) is 3. The topological polar surface area (TPSA) is 69.7 Å². The molecule has 1 fully saturated rings. The first-order valence-corrected chi connectivity index (χ1v) is 11.0. The van der Waals surface area contributed by atoms with Crippen molar-refractivity contribution in [1.29, 1.82) is 0 Å². The average molecular weight is 411 g/mol. The molecule has 0 amide bonds. The summed E-state index contributed by atoms with van der Waals surface area (Å²) in [7, 11) is 0. The van der Waals surface area contributed by atoms with E-state index >= 15 is 0 Å². The Morgan fingerprint density at radius 1 is 1.20 bits per heavy atom. The maximum atomic E-state index is 11.5. The van der Waals surface area contributed by atoms with Gasteiger partial charge in [-0.05, 0) is 68.9 Å². The Hall–Kier alpha value is -2.60. The fourth-order valence-corrected chi connectivity index (χ4v) is 4.08. The molecular formula is C24H30N2O4. The van der Waals surface area contributed by atoms with Gasteiger partial charge in [-0.2, -0.15) is 0 Å². The number of nitrogens with zero attached hydrogens (tertiary/aromatic N) is 1. The Kier molecular flexibility index (Phi) is 6.84. The first-order chi connectivity index (χ1) is 14.7. The van der Waals surface area contributed by atoms with Crippen LogP contribution in [0, 0.1) is 0 Å². The Morgan fingerprint density at radius 3 is 2.90 bits per heavy atom. The molecule has 0 radical (unpaired) electrons. The molecule has 1 aliphatic carbocycles. The van der Waals surface area contributed by atoms with E-state index in [4.69, 9.17) is 19.2 Å². The zero-order valence-electron chi connectivity index (χ0n) is 17.6. The first-order valence-electron chi connectivity index (χ1n) is 11.0. The van der Waals surface area contributed by atoms with Crippen LogP contribution < -0.4 is 14.8 Å². The van der Waals surface area contributed by atoms with Gasteiger partial charge < -0.3 is 14.2 Å². The largest absolute Gasteiger partial charge is 0.475 e. The van der Waals surface area contributed by atoms with Gasteiger partial charge in [0.1, 0.15) is 11.9 Å². The summed E-state index contributed by atoms with van der Waals surface area (Å²) in [4.78, 5) is 16.2. The molecule has 6 nitrogen and oxygen atoms in total. The van der Waals surface area contributed by atoms with E-state index < -0.39 is 0 Å². The van der Waals surface area contributed by atoms with E-state index in [1.807, 2.05) is 37.3 Å². The average Bonchev–Trinajstić information content (AvgIpc) is 3.27. The molecule has 1 saturated carbocycles. The van der Waals surface area contributed by atoms with Crippen molar-refractivity contribution in [3.63, 3.8) is 0 Å². The smallest absolute Gasteiger partial charge is 0.307 e. The van der Waals surface area contributed by atoms with Crippen molar-refractivity contribution in [3.05, 3.63) is 42.0 Å². The van der Waals surface area contributed by atoms with Gasteiger partial charge in [-0.1, -0.05) is 6.07 Å². The van der Waals surface area contributed by atoms with Gasteiger partial charge >= 0.3 is 5.97 Å². The van der Waals surface area contributed by atoms with Crippen LogP contribution in [0.25, 0.3) is 11.3 Å². The number of fused-ring (bicyclic) bond motifs is 1. The second kappa shape index (κ2) is 9.94. The van der Waals surface area contributed by atoms with Gasteiger partial charge in [-0.25, -0.2) is 4.98 Å². The standard InChI is InChI=1S/C24H30N2O4/c1-2-28-24(27)14-15-25-22-13-11-18-16-17(10-12-21(18)30-22)20-8-5-9-23(26-20)29-19-6-3-4-7-19/h5,8-10,12,16,19,22,25H,2-4,6-7,11,13-15H2,1H3. The molecule has 1 aromatic carbocycles. The summed E-state index contributed by atoms with van der Waals surface area (Å²) in [5.41, 5.74) is 3.17. The highest BCUT2D eigenvalue weighted by Gasteiger charge is 2.21. The molecular weight excluding hydrogens is 380 g/mol. The summed E-state index contributed by atoms with van der Waals surface area (Å²) >= 11 is 0. The number of aryl methyl sites for hydroxylation is 1. The van der Waals surface area contributed by atoms with Gasteiger partial charge in [0.15, 0.2) is 6.23 Å². The quantitative estimate of drug-likeness (QED) is 0.656. The number of carbonyl (C=O) groups excluding carboxylic acids is 1. The Balaban J connectivity index is 1.36. The molecule has 1 aliphatic heterocycles. The van der Waals surface area contributed by atoms with E-state index in [1.54, 1.807) is 0 Å². The number of nitrogens with one attached hydrogen (secondary N) is 1. The van der Waals surface area contributed by atoms with Crippen molar-refractivity contribution in [2.45, 2.75) is 64.2 Å². The molecule has 1 atom stereocenters. The molecule has 0 bridgehead atoms. The maximum Gasteiger partial charge on any atom is 0.307 e. The van der Waals surface area contributed by atoms with Crippen molar-refractivity contribution >= 4 is 5.97 Å². The molecule has 0 saturated heterocycles. The third kappa shape index (κ3) is 5.30. The van der Waals surface area contributed by atoms with E-state index in [0.717, 1.165) is 42.7 Å². The third-order valence-electron chi connectivity index (χ3n) is 5.62. The van der Waals surface area contributed by atoms with Gasteiger partial charge in [0.25, 0.3) is 0 Å². The zero-order valence-corrected chi connectivity index (χ0v) is 17.6. The van der Waals surface area contributed by atoms with E-state index in [0.29, 0.717) is 31.6 Å². The highest BCUT2D eigenvalue weighted by molar-refractivity contribution is 5.69. The Morgan fingerprint density at radius 2 is 2.07 bits per heavy atom. The van der Waals surface area contributed by atoms with Crippen LogP contribution in [-0.2, 0) is 16.0 Å². The number of carbonyl (C=O) groups is 1. The third-order valence-corrected chi connectivity index (χ3v) is 5.62. The Bertz CT molecular complexity index is 864. The number of pyridine rings is 1. The second-order valence-electron chi connectivity index (χ2n) is 7.86. The molecule has 0 spiro atoms. The summed E-state index contributed by atoms with van der Waals surface area (Å²) < 4.78 is 17.1. The normalized spacial score (nSPS) is 18.5. The number of esters is 1. The minimum Gasteiger partial charge on any atom is -0.475 e. The van der Waals surface area contributed by atoms with Crippen LogP contribution in [0.5, 0.6) is 11.6 Å². The van der Waals surface area contributed by atoms with Gasteiger partial charge in [-0.15, -0.1) is 0 Å². The van der Waals surface area contributed by atoms with Gasteiger partial charge in [0.2, 0.25) is 5.88 Å². The molecule has 2 heterocycles. The summed E-state index contributed by atoms with van der Waals surface area (Å²) in [6, 6.07) is 12.2. The molecule has 2 aromatic rings. The van der Waals surface area contributed by atoms with Gasteiger partial charge in [0.05, 0.1) is 18.7 Å². The molecule has 1 aromatic heterocycles. The number of hydrogen-bond donors (Lipinski definition) is 1. The highest BCUT2D eigenvalue weighted by Crippen LogP contribution is 2.32. The van der Waals surface area contributed by atoms with Crippen molar-refractivity contribution in [2.24, 2.45) is 0 Å². The zero-order chi connectivity index (χ0) is 20.8. The number of benzene rings is 1. The summed E-state index contributed by atoms with van der Waals surface area (Å²) in [5, 5.41) is 3.29. The van der Waals surface area contributed by atoms with Crippen LogP contribution >= 0.6 is 0 Å². The maximum absolute atomic E-state index is 11.5. The molecule has 2 aliphatic rings. The van der Waals surface area contributed by atoms with Crippen molar-refractivity contribution in [3.8, 4) is 22.9 Å². The lowest BCUT2D eigenvalue weighted by Gasteiger charge is -2.27. The molecule has 1 N–H and O–H groups in total. The van der Waals surface area contributed by atoms with E-state index in [9.17, 15) is 4.79 Å². The predicted octanol–water partition coefficient (Wildman–Crippen LogP) is 4.26. The van der Waals surface area contributed by atoms with Crippen molar-refractivity contribution < 1.29 is 19.0 Å². The van der Waals surface area contributed by atoms with Gasteiger partial charge in [0, 0.05) is 24.6 Å². The van der Waals surface area contributed by atoms with Crippen LogP contribution in [0.4, 0.5) is 0 Å². The van der Waals surface area contributed by atoms with E-state index in [-0.39, 0.29) is 12.2 Å². The first kappa shape index (κ1) is 20.7. The predicted molar refractivity (Wildman–Crippen MR) is 115 cm³/mol. The SMILES string of the molecule is CCOC(=O)CCNC1CCc2cc(-c3cccc(OC4CCCC4)n3)ccc2O1. The van der Waals surface area contributed by atoms with Crippen LogP contribution in [0.15, 0.2) is 36.4 Å².